The Morgan fingerprint density at radius 2 is 1.85 bits per heavy atom. The first-order valence-electron chi connectivity index (χ1n) is 9.64. The van der Waals surface area contributed by atoms with Gasteiger partial charge in [0.25, 0.3) is 5.91 Å². The average molecular weight is 368 g/mol. The highest BCUT2D eigenvalue weighted by Gasteiger charge is 2.27. The first-order valence-corrected chi connectivity index (χ1v) is 9.64. The van der Waals surface area contributed by atoms with Gasteiger partial charge in [-0.15, -0.1) is 0 Å². The molecule has 2 heterocycles. The van der Waals surface area contributed by atoms with Gasteiger partial charge in [-0.25, -0.2) is 4.98 Å². The monoisotopic (exact) mass is 368 g/mol. The van der Waals surface area contributed by atoms with Crippen molar-refractivity contribution in [2.75, 3.05) is 6.54 Å². The molecule has 1 aliphatic rings. The molecule has 0 saturated heterocycles. The standard InChI is InChI=1S/C21H28N4O2/c1-5-20(26)22-12-19-23-17-7-8-24(13-18(17)25(19)6-2)21(27)16-10-14(3)9-15(4)11-16/h9-11H,5-8,12-13H2,1-4H3,(H,22,26). The van der Waals surface area contributed by atoms with Gasteiger partial charge in [-0.2, -0.15) is 0 Å². The molecule has 0 aliphatic carbocycles. The quantitative estimate of drug-likeness (QED) is 0.882. The van der Waals surface area contributed by atoms with E-state index in [0.717, 1.165) is 46.9 Å². The minimum Gasteiger partial charge on any atom is -0.349 e. The summed E-state index contributed by atoms with van der Waals surface area (Å²) < 4.78 is 2.13. The van der Waals surface area contributed by atoms with E-state index in [9.17, 15) is 9.59 Å². The third-order valence-corrected chi connectivity index (χ3v) is 5.03. The second-order valence-electron chi connectivity index (χ2n) is 7.15. The van der Waals surface area contributed by atoms with Crippen molar-refractivity contribution in [2.24, 2.45) is 0 Å². The van der Waals surface area contributed by atoms with Crippen LogP contribution in [0.2, 0.25) is 0 Å². The van der Waals surface area contributed by atoms with Crippen molar-refractivity contribution in [2.45, 2.75) is 60.2 Å². The number of nitrogens with one attached hydrogen (secondary N) is 1. The van der Waals surface area contributed by atoms with E-state index in [2.05, 4.69) is 22.9 Å². The number of carbonyl (C=O) groups is 2. The molecule has 0 bridgehead atoms. The molecule has 2 aromatic rings. The van der Waals surface area contributed by atoms with Crippen molar-refractivity contribution in [3.63, 3.8) is 0 Å². The van der Waals surface area contributed by atoms with Gasteiger partial charge in [-0.3, -0.25) is 9.59 Å². The van der Waals surface area contributed by atoms with E-state index in [0.29, 0.717) is 26.1 Å². The molecular formula is C21H28N4O2. The van der Waals surface area contributed by atoms with Gasteiger partial charge >= 0.3 is 0 Å². The minimum atomic E-state index is 0.0187. The Bertz CT molecular complexity index is 849. The molecule has 0 saturated carbocycles. The van der Waals surface area contributed by atoms with E-state index in [1.165, 1.54) is 0 Å². The zero-order valence-corrected chi connectivity index (χ0v) is 16.6. The third-order valence-electron chi connectivity index (χ3n) is 5.03. The topological polar surface area (TPSA) is 67.2 Å². The maximum atomic E-state index is 13.0. The minimum absolute atomic E-state index is 0.0187. The average Bonchev–Trinajstić information content (AvgIpc) is 3.01. The number of aryl methyl sites for hydroxylation is 2. The predicted octanol–water partition coefficient (Wildman–Crippen LogP) is 2.74. The Hall–Kier alpha value is -2.63. The van der Waals surface area contributed by atoms with Gasteiger partial charge in [0.2, 0.25) is 5.91 Å². The molecule has 144 valence electrons. The maximum Gasteiger partial charge on any atom is 0.254 e. The predicted molar refractivity (Wildman–Crippen MR) is 104 cm³/mol. The van der Waals surface area contributed by atoms with Gasteiger partial charge in [-0.1, -0.05) is 24.1 Å². The van der Waals surface area contributed by atoms with Gasteiger partial charge < -0.3 is 14.8 Å². The SMILES string of the molecule is CCC(=O)NCc1nc2c(n1CC)CN(C(=O)c1cc(C)cc(C)c1)CC2. The first-order chi connectivity index (χ1) is 12.9. The van der Waals surface area contributed by atoms with Gasteiger partial charge in [0.15, 0.2) is 0 Å². The summed E-state index contributed by atoms with van der Waals surface area (Å²) in [5.41, 5.74) is 5.07. The van der Waals surface area contributed by atoms with E-state index in [1.54, 1.807) is 0 Å². The molecule has 0 unspecified atom stereocenters. The number of benzene rings is 1. The van der Waals surface area contributed by atoms with Crippen LogP contribution in [-0.2, 0) is 30.8 Å². The summed E-state index contributed by atoms with van der Waals surface area (Å²) in [5.74, 6) is 0.951. The lowest BCUT2D eigenvalue weighted by Crippen LogP contribution is -2.37. The molecule has 1 aromatic heterocycles. The fourth-order valence-electron chi connectivity index (χ4n) is 3.73. The number of amides is 2. The molecule has 1 aliphatic heterocycles. The number of rotatable bonds is 5. The summed E-state index contributed by atoms with van der Waals surface area (Å²) in [6, 6.07) is 5.98. The maximum absolute atomic E-state index is 13.0. The van der Waals surface area contributed by atoms with Crippen molar-refractivity contribution in [1.29, 1.82) is 0 Å². The number of hydrogen-bond acceptors (Lipinski definition) is 3. The molecule has 0 atom stereocenters. The summed E-state index contributed by atoms with van der Waals surface area (Å²) in [6.45, 7) is 10.4. The van der Waals surface area contributed by atoms with Gasteiger partial charge in [0.1, 0.15) is 5.82 Å². The molecule has 3 rings (SSSR count). The fourth-order valence-corrected chi connectivity index (χ4v) is 3.73. The summed E-state index contributed by atoms with van der Waals surface area (Å²) in [7, 11) is 0. The van der Waals surface area contributed by atoms with Crippen LogP contribution >= 0.6 is 0 Å². The van der Waals surface area contributed by atoms with Crippen molar-refractivity contribution in [3.05, 3.63) is 52.1 Å². The number of imidazole rings is 1. The van der Waals surface area contributed by atoms with Crippen LogP contribution in [0.3, 0.4) is 0 Å². The molecular weight excluding hydrogens is 340 g/mol. The highest BCUT2D eigenvalue weighted by Crippen LogP contribution is 2.23. The zero-order valence-electron chi connectivity index (χ0n) is 16.6. The Balaban J connectivity index is 1.81. The zero-order chi connectivity index (χ0) is 19.6. The van der Waals surface area contributed by atoms with E-state index in [1.807, 2.05) is 37.8 Å². The summed E-state index contributed by atoms with van der Waals surface area (Å²) in [4.78, 5) is 31.2. The molecule has 0 radical (unpaired) electrons. The van der Waals surface area contributed by atoms with Crippen molar-refractivity contribution >= 4 is 11.8 Å². The summed E-state index contributed by atoms with van der Waals surface area (Å²) in [5, 5.41) is 2.90. The smallest absolute Gasteiger partial charge is 0.254 e. The summed E-state index contributed by atoms with van der Waals surface area (Å²) >= 11 is 0. The van der Waals surface area contributed by atoms with Crippen LogP contribution in [-0.4, -0.2) is 32.8 Å². The lowest BCUT2D eigenvalue weighted by molar-refractivity contribution is -0.120. The van der Waals surface area contributed by atoms with E-state index >= 15 is 0 Å². The van der Waals surface area contributed by atoms with E-state index in [4.69, 9.17) is 4.98 Å². The van der Waals surface area contributed by atoms with Crippen LogP contribution in [0, 0.1) is 13.8 Å². The second kappa shape index (κ2) is 7.94. The van der Waals surface area contributed by atoms with Crippen LogP contribution in [0.4, 0.5) is 0 Å². The molecule has 1 N–H and O–H groups in total. The molecule has 1 aromatic carbocycles. The first kappa shape index (κ1) is 19.1. The van der Waals surface area contributed by atoms with Gasteiger partial charge in [0.05, 0.1) is 24.5 Å². The lowest BCUT2D eigenvalue weighted by atomic mass is 10.0. The number of hydrogen-bond donors (Lipinski definition) is 1. The number of carbonyl (C=O) groups excluding carboxylic acids is 2. The highest BCUT2D eigenvalue weighted by molar-refractivity contribution is 5.94. The molecule has 0 fully saturated rings. The molecule has 0 spiro atoms. The van der Waals surface area contributed by atoms with Crippen molar-refractivity contribution < 1.29 is 9.59 Å². The molecule has 6 nitrogen and oxygen atoms in total. The van der Waals surface area contributed by atoms with Crippen LogP contribution in [0.5, 0.6) is 0 Å². The fraction of sp³-hybridized carbons (Fsp3) is 0.476. The highest BCUT2D eigenvalue weighted by atomic mass is 16.2. The largest absolute Gasteiger partial charge is 0.349 e. The van der Waals surface area contributed by atoms with Crippen LogP contribution < -0.4 is 5.32 Å². The number of nitrogens with zero attached hydrogens (tertiary/aromatic N) is 3. The number of fused-ring (bicyclic) bond motifs is 1. The third kappa shape index (κ3) is 4.04. The van der Waals surface area contributed by atoms with Crippen LogP contribution in [0.25, 0.3) is 0 Å². The molecule has 2 amide bonds. The summed E-state index contributed by atoms with van der Waals surface area (Å²) in [6.07, 6.45) is 1.21. The Kier molecular flexibility index (Phi) is 5.63. The second-order valence-corrected chi connectivity index (χ2v) is 7.15. The van der Waals surface area contributed by atoms with Gasteiger partial charge in [0, 0.05) is 31.5 Å². The Morgan fingerprint density at radius 1 is 1.15 bits per heavy atom. The molecule has 27 heavy (non-hydrogen) atoms. The van der Waals surface area contributed by atoms with Crippen molar-refractivity contribution in [3.8, 4) is 0 Å². The number of aromatic nitrogens is 2. The normalized spacial score (nSPS) is 13.4. The van der Waals surface area contributed by atoms with E-state index < -0.39 is 0 Å². The molecule has 6 heteroatoms. The van der Waals surface area contributed by atoms with Crippen LogP contribution in [0.1, 0.15) is 59.0 Å². The Morgan fingerprint density at radius 3 is 2.48 bits per heavy atom. The van der Waals surface area contributed by atoms with Crippen LogP contribution in [0.15, 0.2) is 18.2 Å². The van der Waals surface area contributed by atoms with E-state index in [-0.39, 0.29) is 11.8 Å². The van der Waals surface area contributed by atoms with Gasteiger partial charge in [-0.05, 0) is 32.9 Å². The lowest BCUT2D eigenvalue weighted by Gasteiger charge is -2.28. The Labute approximate surface area is 160 Å². The van der Waals surface area contributed by atoms with Crippen molar-refractivity contribution in [1.82, 2.24) is 19.8 Å².